The van der Waals surface area contributed by atoms with Crippen molar-refractivity contribution in [3.05, 3.63) is 66.0 Å². The summed E-state index contributed by atoms with van der Waals surface area (Å²) in [5, 5.41) is 2.95. The Labute approximate surface area is 212 Å². The van der Waals surface area contributed by atoms with E-state index in [4.69, 9.17) is 14.5 Å². The number of carbonyl (C=O) groups excluding carboxylic acids is 2. The molecule has 1 fully saturated rings. The lowest BCUT2D eigenvalue weighted by atomic mass is 10.1. The van der Waals surface area contributed by atoms with Crippen molar-refractivity contribution in [1.82, 2.24) is 14.5 Å². The fourth-order valence-corrected chi connectivity index (χ4v) is 4.13. The maximum atomic E-state index is 13.2. The van der Waals surface area contributed by atoms with E-state index in [1.54, 1.807) is 31.3 Å². The maximum Gasteiger partial charge on any atom is 0.246 e. The van der Waals surface area contributed by atoms with E-state index in [0.29, 0.717) is 17.4 Å². The molecule has 3 aromatic rings. The van der Waals surface area contributed by atoms with Gasteiger partial charge in [-0.05, 0) is 56.5 Å². The second kappa shape index (κ2) is 10.4. The number of nitrogens with one attached hydrogen (secondary N) is 1. The van der Waals surface area contributed by atoms with Crippen LogP contribution in [0.25, 0.3) is 5.69 Å². The minimum absolute atomic E-state index is 0.0544. The van der Waals surface area contributed by atoms with Crippen LogP contribution in [-0.2, 0) is 21.4 Å². The predicted octanol–water partition coefficient (Wildman–Crippen LogP) is 4.36. The van der Waals surface area contributed by atoms with Crippen molar-refractivity contribution >= 4 is 17.8 Å². The van der Waals surface area contributed by atoms with Crippen LogP contribution in [-0.4, -0.2) is 53.1 Å². The number of amides is 2. The largest absolute Gasteiger partial charge is 0.493 e. The molecule has 36 heavy (non-hydrogen) atoms. The van der Waals surface area contributed by atoms with Crippen molar-refractivity contribution in [3.8, 4) is 17.2 Å². The monoisotopic (exact) mass is 490 g/mol. The van der Waals surface area contributed by atoms with Gasteiger partial charge in [0.1, 0.15) is 6.54 Å². The van der Waals surface area contributed by atoms with Crippen LogP contribution in [0.2, 0.25) is 0 Å². The average molecular weight is 491 g/mol. The number of hydrogen-bond donors (Lipinski definition) is 1. The number of aromatic nitrogens is 2. The average Bonchev–Trinajstić information content (AvgIpc) is 3.48. The highest BCUT2D eigenvalue weighted by Gasteiger charge is 2.42. The first-order valence-electron chi connectivity index (χ1n) is 12.2. The Kier molecular flexibility index (Phi) is 7.33. The molecule has 0 bridgehead atoms. The molecule has 0 saturated heterocycles. The number of nitrogens with zero attached hydrogens (tertiary/aromatic N) is 3. The number of benzene rings is 2. The van der Waals surface area contributed by atoms with Crippen molar-refractivity contribution in [2.75, 3.05) is 26.1 Å². The fraction of sp³-hybridized carbons (Fsp3) is 0.393. The lowest BCUT2D eigenvalue weighted by Crippen LogP contribution is -2.43. The minimum Gasteiger partial charge on any atom is -0.493 e. The standard InChI is InChI=1S/C28H34N4O4/c1-19(2)31(26(34)16-20-11-12-22(35-4)23(15-20)36-5)18-25(33)30-27-29-24(28(3)13-14-28)17-32(27)21-9-7-6-8-10-21/h6-12,15,17,19H,13-14,16,18H2,1-5H3,(H,29,30,33). The first-order chi connectivity index (χ1) is 17.2. The van der Waals surface area contributed by atoms with Gasteiger partial charge in [0.05, 0.1) is 26.3 Å². The topological polar surface area (TPSA) is 85.7 Å². The maximum absolute atomic E-state index is 13.2. The Balaban J connectivity index is 1.49. The van der Waals surface area contributed by atoms with E-state index in [1.807, 2.05) is 61.0 Å². The molecule has 1 saturated carbocycles. The second-order valence-electron chi connectivity index (χ2n) is 9.75. The minimum atomic E-state index is -0.292. The molecular weight excluding hydrogens is 456 g/mol. The van der Waals surface area contributed by atoms with Crippen molar-refractivity contribution in [2.45, 2.75) is 51.5 Å². The molecule has 8 nitrogen and oxygen atoms in total. The van der Waals surface area contributed by atoms with E-state index in [1.165, 1.54) is 0 Å². The molecule has 1 N–H and O–H groups in total. The molecule has 1 heterocycles. The summed E-state index contributed by atoms with van der Waals surface area (Å²) >= 11 is 0. The van der Waals surface area contributed by atoms with E-state index in [0.717, 1.165) is 29.8 Å². The Morgan fingerprint density at radius 1 is 1.08 bits per heavy atom. The van der Waals surface area contributed by atoms with Crippen LogP contribution >= 0.6 is 0 Å². The summed E-state index contributed by atoms with van der Waals surface area (Å²) in [6.45, 7) is 5.91. The van der Waals surface area contributed by atoms with E-state index in [-0.39, 0.29) is 36.2 Å². The molecule has 0 atom stereocenters. The molecular formula is C28H34N4O4. The van der Waals surface area contributed by atoms with Crippen LogP contribution in [0.4, 0.5) is 5.95 Å². The van der Waals surface area contributed by atoms with Gasteiger partial charge in [-0.15, -0.1) is 0 Å². The van der Waals surface area contributed by atoms with Gasteiger partial charge in [-0.25, -0.2) is 4.98 Å². The van der Waals surface area contributed by atoms with Gasteiger partial charge in [0.25, 0.3) is 0 Å². The first-order valence-corrected chi connectivity index (χ1v) is 12.2. The predicted molar refractivity (Wildman–Crippen MR) is 139 cm³/mol. The summed E-state index contributed by atoms with van der Waals surface area (Å²) in [6.07, 6.45) is 4.31. The Hall–Kier alpha value is -3.81. The van der Waals surface area contributed by atoms with Gasteiger partial charge in [0.2, 0.25) is 17.8 Å². The zero-order valence-electron chi connectivity index (χ0n) is 21.6. The summed E-state index contributed by atoms with van der Waals surface area (Å²) in [5.74, 6) is 1.18. The molecule has 0 aliphatic heterocycles. The molecule has 1 aliphatic rings. The van der Waals surface area contributed by atoms with Gasteiger partial charge in [-0.1, -0.05) is 31.2 Å². The zero-order chi connectivity index (χ0) is 25.9. The van der Waals surface area contributed by atoms with Gasteiger partial charge in [-0.3, -0.25) is 19.5 Å². The highest BCUT2D eigenvalue weighted by Crippen LogP contribution is 2.47. The number of hydrogen-bond acceptors (Lipinski definition) is 5. The normalized spacial score (nSPS) is 13.8. The molecule has 0 radical (unpaired) electrons. The molecule has 0 unspecified atom stereocenters. The molecule has 1 aliphatic carbocycles. The van der Waals surface area contributed by atoms with E-state index >= 15 is 0 Å². The van der Waals surface area contributed by atoms with Gasteiger partial charge >= 0.3 is 0 Å². The molecule has 4 rings (SSSR count). The third kappa shape index (κ3) is 5.53. The second-order valence-corrected chi connectivity index (χ2v) is 9.75. The summed E-state index contributed by atoms with van der Waals surface area (Å²) < 4.78 is 12.5. The first kappa shape index (κ1) is 25.3. The molecule has 0 spiro atoms. The van der Waals surface area contributed by atoms with Crippen LogP contribution in [0.3, 0.4) is 0 Å². The number of methoxy groups -OCH3 is 2. The Bertz CT molecular complexity index is 1230. The molecule has 190 valence electrons. The van der Waals surface area contributed by atoms with E-state index in [2.05, 4.69) is 12.2 Å². The van der Waals surface area contributed by atoms with Crippen LogP contribution in [0.5, 0.6) is 11.5 Å². The molecule has 1 aromatic heterocycles. The van der Waals surface area contributed by atoms with Crippen molar-refractivity contribution < 1.29 is 19.1 Å². The van der Waals surface area contributed by atoms with Crippen LogP contribution in [0.1, 0.15) is 44.9 Å². The Morgan fingerprint density at radius 3 is 2.39 bits per heavy atom. The fourth-order valence-electron chi connectivity index (χ4n) is 4.13. The van der Waals surface area contributed by atoms with E-state index in [9.17, 15) is 9.59 Å². The van der Waals surface area contributed by atoms with Crippen LogP contribution in [0.15, 0.2) is 54.7 Å². The van der Waals surface area contributed by atoms with Gasteiger partial charge in [0.15, 0.2) is 11.5 Å². The number of ether oxygens (including phenoxy) is 2. The number of anilines is 1. The van der Waals surface area contributed by atoms with Gasteiger partial charge in [-0.2, -0.15) is 0 Å². The highest BCUT2D eigenvalue weighted by molar-refractivity contribution is 5.94. The smallest absolute Gasteiger partial charge is 0.246 e. The summed E-state index contributed by atoms with van der Waals surface area (Å²) in [5.41, 5.74) is 2.72. The third-order valence-corrected chi connectivity index (χ3v) is 6.67. The number of para-hydroxylation sites is 1. The lowest BCUT2D eigenvalue weighted by Gasteiger charge is -2.26. The molecule has 2 aromatic carbocycles. The highest BCUT2D eigenvalue weighted by atomic mass is 16.5. The van der Waals surface area contributed by atoms with E-state index < -0.39 is 0 Å². The summed E-state index contributed by atoms with van der Waals surface area (Å²) in [6, 6.07) is 15.0. The SMILES string of the molecule is COc1ccc(CC(=O)N(CC(=O)Nc2nc(C3(C)CC3)cn2-c2ccccc2)C(C)C)cc1OC. The summed E-state index contributed by atoms with van der Waals surface area (Å²) in [4.78, 5) is 32.6. The van der Waals surface area contributed by atoms with Crippen LogP contribution in [0, 0.1) is 0 Å². The van der Waals surface area contributed by atoms with Gasteiger partial charge < -0.3 is 14.4 Å². The molecule has 8 heteroatoms. The third-order valence-electron chi connectivity index (χ3n) is 6.67. The number of rotatable bonds is 10. The van der Waals surface area contributed by atoms with Crippen LogP contribution < -0.4 is 14.8 Å². The lowest BCUT2D eigenvalue weighted by molar-refractivity contribution is -0.135. The van der Waals surface area contributed by atoms with Crippen molar-refractivity contribution in [1.29, 1.82) is 0 Å². The van der Waals surface area contributed by atoms with Gasteiger partial charge in [0, 0.05) is 23.3 Å². The molecule has 2 amide bonds. The number of carbonyl (C=O) groups is 2. The van der Waals surface area contributed by atoms with Crippen molar-refractivity contribution in [2.24, 2.45) is 0 Å². The quantitative estimate of drug-likeness (QED) is 0.456. The number of imidazole rings is 1. The zero-order valence-corrected chi connectivity index (χ0v) is 21.6. The van der Waals surface area contributed by atoms with Crippen molar-refractivity contribution in [3.63, 3.8) is 0 Å². The summed E-state index contributed by atoms with van der Waals surface area (Å²) in [7, 11) is 3.13. The Morgan fingerprint density at radius 2 is 1.78 bits per heavy atom.